The van der Waals surface area contributed by atoms with Crippen LogP contribution < -0.4 is 0 Å². The molecule has 0 saturated carbocycles. The summed E-state index contributed by atoms with van der Waals surface area (Å²) in [6.45, 7) is 23.5. The summed E-state index contributed by atoms with van der Waals surface area (Å²) in [5, 5.41) is 0. The van der Waals surface area contributed by atoms with E-state index in [4.69, 9.17) is 19.4 Å². The lowest BCUT2D eigenvalue weighted by molar-refractivity contribution is -0.143. The predicted molar refractivity (Wildman–Crippen MR) is 261 cm³/mol. The molecule has 0 spiro atoms. The molecule has 6 rings (SSSR count). The van der Waals surface area contributed by atoms with Crippen LogP contribution in [0.2, 0.25) is 0 Å². The molecule has 0 amide bonds. The van der Waals surface area contributed by atoms with Gasteiger partial charge in [-0.1, -0.05) is 99.0 Å². The summed E-state index contributed by atoms with van der Waals surface area (Å²) in [6, 6.07) is 5.99. The quantitative estimate of drug-likeness (QED) is 0.0494. The Labute approximate surface area is 387 Å². The maximum atomic E-state index is 14.4. The number of rotatable bonds is 20. The smallest absolute Gasteiger partial charge is 0.321 e. The minimum absolute atomic E-state index is 0.0532. The highest BCUT2D eigenvalue weighted by molar-refractivity contribution is 6.23. The van der Waals surface area contributed by atoms with E-state index in [1.54, 1.807) is 6.92 Å². The second kappa shape index (κ2) is 21.6. The van der Waals surface area contributed by atoms with Crippen molar-refractivity contribution in [1.82, 2.24) is 19.9 Å². The first-order valence-corrected chi connectivity index (χ1v) is 24.7. The van der Waals surface area contributed by atoms with Gasteiger partial charge < -0.3 is 19.4 Å². The Kier molecular flexibility index (Phi) is 16.5. The van der Waals surface area contributed by atoms with Crippen LogP contribution in [0.5, 0.6) is 0 Å². The summed E-state index contributed by atoms with van der Waals surface area (Å²) < 4.78 is 11.1. The molecule has 0 fully saturated rings. The number of methoxy groups -OCH3 is 1. The van der Waals surface area contributed by atoms with Crippen molar-refractivity contribution >= 4 is 45.6 Å². The number of ether oxygens (including phenoxy) is 2. The molecular formula is C55H76N4O6. The van der Waals surface area contributed by atoms with Crippen molar-refractivity contribution in [1.29, 1.82) is 0 Å². The largest absolute Gasteiger partial charge is 0.468 e. The van der Waals surface area contributed by atoms with Gasteiger partial charge in [-0.15, -0.1) is 0 Å². The van der Waals surface area contributed by atoms with E-state index in [2.05, 4.69) is 65.4 Å². The Morgan fingerprint density at radius 3 is 2.02 bits per heavy atom. The average Bonchev–Trinajstić information content (AvgIpc) is 4.00. The van der Waals surface area contributed by atoms with E-state index >= 15 is 0 Å². The van der Waals surface area contributed by atoms with Gasteiger partial charge in [0.25, 0.3) is 0 Å². The highest BCUT2D eigenvalue weighted by Gasteiger charge is 2.45. The van der Waals surface area contributed by atoms with E-state index in [9.17, 15) is 19.2 Å². The standard InChI is InChI=1S/C55H76N4O6/c1-13-39-34(7)41-29-46-48(38(11)60)36(9)43(57-46)27-42-35(8)40(52(58-42)50-51(55(63)64-12)54(62)49-37(10)44(59-53(49)50)28-45(39)56-41)23-24-47(61)65-26-25-33(6)22-16-21-32(5)20-15-19-31(4)18-14-17-30(2)3/h25,27-32,34-35,39-40,51,57,59H,13-24,26H2,1-12H3/b33-25+,41-29?,42-27?,43-27?,44-28?,45-28?,46-29?,52-50?/t31-,32-,34-,35+,39-,40+,51-/m1/s1/i56+1,57+1,58+1,59+1. The number of allylic oxidation sites excluding steroid dienone is 1. The Morgan fingerprint density at radius 2 is 1.37 bits per heavy atom. The van der Waals surface area contributed by atoms with Gasteiger partial charge >= 0.3 is 11.9 Å². The second-order valence-electron chi connectivity index (χ2n) is 20.3. The third kappa shape index (κ3) is 11.1. The van der Waals surface area contributed by atoms with Crippen molar-refractivity contribution in [2.24, 2.45) is 17.8 Å². The molecule has 0 saturated heterocycles. The van der Waals surface area contributed by atoms with E-state index in [0.717, 1.165) is 70.3 Å². The lowest BCUT2D eigenvalue weighted by atomic mass is 9.84. The van der Waals surface area contributed by atoms with Crippen molar-refractivity contribution < 1.29 is 28.7 Å². The van der Waals surface area contributed by atoms with Gasteiger partial charge in [-0.05, 0) is 107 Å². The highest BCUT2D eigenvalue weighted by atomic mass is 16.5. The number of carbonyl (C=O) groups is 4. The molecule has 0 unspecified atom stereocenters. The van der Waals surface area contributed by atoms with Gasteiger partial charge in [-0.3, -0.25) is 29.1 Å². The molecule has 2 aliphatic heterocycles. The van der Waals surface area contributed by atoms with E-state index in [-0.39, 0.29) is 54.2 Å². The molecule has 65 heavy (non-hydrogen) atoms. The number of H-pyrrole nitrogens is 2. The summed E-state index contributed by atoms with van der Waals surface area (Å²) in [5.41, 5.74) is 10.1. The normalized spacial score (nSPS) is 20.4. The maximum Gasteiger partial charge on any atom is 0.321 e. The van der Waals surface area contributed by atoms with Crippen LogP contribution in [-0.4, -0.2) is 57.2 Å². The Bertz CT molecular complexity index is 2450. The molecule has 10 nitrogen and oxygen atoms in total. The molecule has 1 aliphatic carbocycles. The maximum absolute atomic E-state index is 14.4. The molecule has 8 bridgehead atoms. The number of ketones is 2. The van der Waals surface area contributed by atoms with Gasteiger partial charge in [0.2, 0.25) is 0 Å². The minimum atomic E-state index is -1.21. The third-order valence-electron chi connectivity index (χ3n) is 14.9. The molecule has 0 aromatic carbocycles. The summed E-state index contributed by atoms with van der Waals surface area (Å²) >= 11 is 0. The molecular weight excluding hydrogens is 817 g/mol. The molecule has 10 heteroatoms. The fraction of sp³-hybridized carbons (Fsp3) is 0.600. The molecule has 3 aromatic rings. The topological polar surface area (TPSA) is 144 Å². The van der Waals surface area contributed by atoms with Crippen LogP contribution in [0, 0.1) is 31.6 Å². The lowest BCUT2D eigenvalue weighted by Gasteiger charge is -2.18. The molecule has 0 radical (unpaired) electrons. The van der Waals surface area contributed by atoms with E-state index in [1.807, 2.05) is 38.1 Å². The number of esters is 2. The van der Waals surface area contributed by atoms with E-state index < -0.39 is 11.9 Å². The number of carbonyl (C=O) groups excluding carboxylic acids is 4. The first-order valence-electron chi connectivity index (χ1n) is 24.7. The lowest BCUT2D eigenvalue weighted by Crippen LogP contribution is -2.21. The van der Waals surface area contributed by atoms with Gasteiger partial charge in [0, 0.05) is 74.9 Å². The van der Waals surface area contributed by atoms with Crippen LogP contribution in [-0.2, 0) is 19.1 Å². The van der Waals surface area contributed by atoms with Gasteiger partial charge in [0.1, 0.15) is 12.5 Å². The van der Waals surface area contributed by atoms with Gasteiger partial charge in [-0.2, -0.15) is 0 Å². The zero-order valence-corrected chi connectivity index (χ0v) is 41.5. The number of aromatic amines is 2. The number of aromatic nitrogens is 4. The molecule has 5 heterocycles. The first-order chi connectivity index (χ1) is 30.9. The van der Waals surface area contributed by atoms with Crippen LogP contribution in [0.1, 0.15) is 229 Å². The van der Waals surface area contributed by atoms with Crippen molar-refractivity contribution in [3.63, 3.8) is 0 Å². The van der Waals surface area contributed by atoms with Gasteiger partial charge in [0.15, 0.2) is 11.6 Å². The minimum Gasteiger partial charge on any atom is -0.468 e. The summed E-state index contributed by atoms with van der Waals surface area (Å²) in [6.07, 6.45) is 14.6. The summed E-state index contributed by atoms with van der Waals surface area (Å²) in [5.74, 6) is -0.573. The Morgan fingerprint density at radius 1 is 0.769 bits per heavy atom. The fourth-order valence-corrected chi connectivity index (χ4v) is 10.8. The highest BCUT2D eigenvalue weighted by Crippen LogP contribution is 2.48. The molecule has 3 aliphatic rings. The van der Waals surface area contributed by atoms with Crippen LogP contribution in [0.4, 0.5) is 0 Å². The Balaban J connectivity index is 1.25. The average molecular weight is 893 g/mol. The number of nitrogens with one attached hydrogen (secondary N) is 2. The van der Waals surface area contributed by atoms with E-state index in [1.165, 1.54) is 57.6 Å². The van der Waals surface area contributed by atoms with Gasteiger partial charge in [0.05, 0.1) is 23.8 Å². The number of nitrogens with zero attached hydrogens (tertiary/aromatic N) is 2. The van der Waals surface area contributed by atoms with Crippen molar-refractivity contribution in [3.8, 4) is 0 Å². The second-order valence-corrected chi connectivity index (χ2v) is 20.3. The molecule has 3 aromatic heterocycles. The number of fused-ring (bicyclic) bond motifs is 8. The number of hydrogen-bond donors (Lipinski definition) is 2. The van der Waals surface area contributed by atoms with Gasteiger partial charge in [-0.25, -0.2) is 0 Å². The van der Waals surface area contributed by atoms with Crippen molar-refractivity contribution in [3.05, 3.63) is 80.4 Å². The number of hydrogen-bond acceptors (Lipinski definition) is 8. The van der Waals surface area contributed by atoms with Crippen LogP contribution >= 0.6 is 0 Å². The number of Topliss-reactive ketones (excluding diaryl/α,β-unsaturated/α-hetero) is 2. The third-order valence-corrected chi connectivity index (χ3v) is 14.9. The summed E-state index contributed by atoms with van der Waals surface area (Å²) in [4.78, 5) is 72.1. The van der Waals surface area contributed by atoms with Crippen LogP contribution in [0.15, 0.2) is 29.8 Å². The van der Waals surface area contributed by atoms with Crippen LogP contribution in [0.25, 0.3) is 22.1 Å². The predicted octanol–water partition coefficient (Wildman–Crippen LogP) is 13.5. The van der Waals surface area contributed by atoms with Crippen molar-refractivity contribution in [2.75, 3.05) is 13.7 Å². The molecule has 2 N–H and O–H groups in total. The van der Waals surface area contributed by atoms with Crippen LogP contribution in [0.3, 0.4) is 0 Å². The molecule has 352 valence electrons. The SMILES string of the molecule is CC[C@H]1c2cc3[15nH]c4c(c3C)C(=O)[C@H](C(=O)OC)c4c3[15n]c(cc4[15nH]c(cc([15n]2)[C@@H]1C)c(C(C)=O)c4C)[C@@H](C)[C@@H]3CCC(=O)OC/C=C(\C)CCC[C@H](C)CCC[C@H](C)CCCC(C)C. The fourth-order valence-electron chi connectivity index (χ4n) is 10.8. The summed E-state index contributed by atoms with van der Waals surface area (Å²) in [7, 11) is 1.30. The monoisotopic (exact) mass is 893 g/mol. The van der Waals surface area contributed by atoms with Crippen molar-refractivity contribution in [2.45, 2.75) is 183 Å². The zero-order chi connectivity index (χ0) is 47.3. The zero-order valence-electron chi connectivity index (χ0n) is 41.5. The molecule has 7 atom stereocenters. The first kappa shape index (κ1) is 49.6. The Hall–Kier alpha value is -4.86. The number of aryl methyl sites for hydroxylation is 2. The van der Waals surface area contributed by atoms with E-state index in [0.29, 0.717) is 45.8 Å².